The van der Waals surface area contributed by atoms with Gasteiger partial charge in [0.1, 0.15) is 0 Å². The van der Waals surface area contributed by atoms with Gasteiger partial charge in [-0.1, -0.05) is 17.7 Å². The summed E-state index contributed by atoms with van der Waals surface area (Å²) >= 11 is 5.86. The zero-order chi connectivity index (χ0) is 12.3. The fourth-order valence-corrected chi connectivity index (χ4v) is 1.66. The summed E-state index contributed by atoms with van der Waals surface area (Å²) in [5.74, 6) is -0.139. The second-order valence-electron chi connectivity index (χ2n) is 3.72. The number of rotatable bonds is 3. The van der Waals surface area contributed by atoms with Crippen LogP contribution in [-0.2, 0) is 6.54 Å². The molecule has 0 saturated heterocycles. The van der Waals surface area contributed by atoms with Gasteiger partial charge < -0.3 is 5.32 Å². The molecule has 1 aromatic heterocycles. The Bertz CT molecular complexity index is 523. The number of H-pyrrole nitrogens is 1. The lowest BCUT2D eigenvalue weighted by atomic mass is 10.1. The summed E-state index contributed by atoms with van der Waals surface area (Å²) in [4.78, 5) is 11.9. The molecule has 0 spiro atoms. The number of halogens is 1. The summed E-state index contributed by atoms with van der Waals surface area (Å²) in [5, 5.41) is 9.94. The van der Waals surface area contributed by atoms with Crippen LogP contribution >= 0.6 is 11.6 Å². The minimum Gasteiger partial charge on any atom is -0.346 e. The van der Waals surface area contributed by atoms with Crippen molar-refractivity contribution in [2.24, 2.45) is 0 Å². The number of carbonyl (C=O) groups is 1. The van der Waals surface area contributed by atoms with Crippen molar-refractivity contribution in [1.82, 2.24) is 15.5 Å². The number of nitrogens with one attached hydrogen (secondary N) is 2. The van der Waals surface area contributed by atoms with Crippen molar-refractivity contribution in [1.29, 1.82) is 0 Å². The molecule has 1 aromatic carbocycles. The summed E-state index contributed by atoms with van der Waals surface area (Å²) in [5.41, 5.74) is 2.35. The van der Waals surface area contributed by atoms with Crippen LogP contribution in [0, 0.1) is 6.92 Å². The first kappa shape index (κ1) is 11.7. The Morgan fingerprint density at radius 2 is 2.29 bits per heavy atom. The first-order chi connectivity index (χ1) is 8.16. The molecule has 0 aliphatic carbocycles. The molecule has 2 rings (SSSR count). The Kier molecular flexibility index (Phi) is 3.44. The van der Waals surface area contributed by atoms with E-state index >= 15 is 0 Å². The molecular weight excluding hydrogens is 238 g/mol. The highest BCUT2D eigenvalue weighted by Gasteiger charge is 2.09. The van der Waals surface area contributed by atoms with E-state index in [-0.39, 0.29) is 5.91 Å². The highest BCUT2D eigenvalue weighted by molar-refractivity contribution is 6.31. The third kappa shape index (κ3) is 2.85. The lowest BCUT2D eigenvalue weighted by Gasteiger charge is -2.07. The average molecular weight is 250 g/mol. The van der Waals surface area contributed by atoms with Crippen LogP contribution in [0.15, 0.2) is 30.5 Å². The molecule has 5 heteroatoms. The van der Waals surface area contributed by atoms with E-state index < -0.39 is 0 Å². The van der Waals surface area contributed by atoms with Gasteiger partial charge in [0.15, 0.2) is 0 Å². The molecule has 0 radical (unpaired) electrons. The van der Waals surface area contributed by atoms with Crippen LogP contribution in [0.2, 0.25) is 5.02 Å². The van der Waals surface area contributed by atoms with Crippen molar-refractivity contribution in [3.63, 3.8) is 0 Å². The van der Waals surface area contributed by atoms with Gasteiger partial charge in [0.2, 0.25) is 0 Å². The first-order valence-corrected chi connectivity index (χ1v) is 5.57. The second kappa shape index (κ2) is 5.01. The first-order valence-electron chi connectivity index (χ1n) is 5.19. The van der Waals surface area contributed by atoms with E-state index in [4.69, 9.17) is 11.6 Å². The maximum atomic E-state index is 11.9. The lowest BCUT2D eigenvalue weighted by Crippen LogP contribution is -2.23. The second-order valence-corrected chi connectivity index (χ2v) is 4.16. The van der Waals surface area contributed by atoms with Gasteiger partial charge in [0.25, 0.3) is 5.91 Å². The molecule has 2 aromatic rings. The van der Waals surface area contributed by atoms with E-state index in [9.17, 15) is 4.79 Å². The largest absolute Gasteiger partial charge is 0.346 e. The Hall–Kier alpha value is -1.81. The van der Waals surface area contributed by atoms with Crippen molar-refractivity contribution >= 4 is 17.5 Å². The zero-order valence-electron chi connectivity index (χ0n) is 9.33. The Morgan fingerprint density at radius 1 is 1.47 bits per heavy atom. The molecule has 0 atom stereocenters. The van der Waals surface area contributed by atoms with Gasteiger partial charge in [0, 0.05) is 16.8 Å². The van der Waals surface area contributed by atoms with Crippen molar-refractivity contribution in [2.45, 2.75) is 13.5 Å². The molecule has 2 N–H and O–H groups in total. The highest BCUT2D eigenvalue weighted by Crippen LogP contribution is 2.15. The summed E-state index contributed by atoms with van der Waals surface area (Å²) in [7, 11) is 0. The third-order valence-corrected chi connectivity index (χ3v) is 2.68. The number of benzene rings is 1. The van der Waals surface area contributed by atoms with Gasteiger partial charge >= 0.3 is 0 Å². The summed E-state index contributed by atoms with van der Waals surface area (Å²) < 4.78 is 0. The van der Waals surface area contributed by atoms with Gasteiger partial charge in [-0.2, -0.15) is 5.10 Å². The van der Waals surface area contributed by atoms with Crippen LogP contribution in [0.1, 0.15) is 21.6 Å². The zero-order valence-corrected chi connectivity index (χ0v) is 10.1. The monoisotopic (exact) mass is 249 g/mol. The number of aromatic amines is 1. The van der Waals surface area contributed by atoms with Gasteiger partial charge in [-0.25, -0.2) is 0 Å². The number of aryl methyl sites for hydroxylation is 1. The predicted molar refractivity (Wildman–Crippen MR) is 65.9 cm³/mol. The molecule has 0 unspecified atom stereocenters. The lowest BCUT2D eigenvalue weighted by molar-refractivity contribution is 0.0950. The molecular formula is C12H12ClN3O. The quantitative estimate of drug-likeness (QED) is 0.877. The molecule has 0 saturated carbocycles. The molecule has 17 heavy (non-hydrogen) atoms. The minimum atomic E-state index is -0.139. The molecule has 1 amide bonds. The molecule has 0 fully saturated rings. The third-order valence-electron chi connectivity index (χ3n) is 2.44. The van der Waals surface area contributed by atoms with E-state index in [0.717, 1.165) is 11.3 Å². The van der Waals surface area contributed by atoms with Crippen molar-refractivity contribution < 1.29 is 4.79 Å². The number of hydrogen-bond donors (Lipinski definition) is 2. The van der Waals surface area contributed by atoms with Crippen molar-refractivity contribution in [2.75, 3.05) is 0 Å². The Morgan fingerprint density at radius 3 is 3.00 bits per heavy atom. The smallest absolute Gasteiger partial charge is 0.251 e. The molecule has 0 bridgehead atoms. The van der Waals surface area contributed by atoms with Crippen molar-refractivity contribution in [3.05, 3.63) is 52.3 Å². The molecule has 0 aliphatic rings. The average Bonchev–Trinajstić information content (AvgIpc) is 2.82. The number of nitrogens with zero attached hydrogens (tertiary/aromatic N) is 1. The minimum absolute atomic E-state index is 0.139. The number of carbonyl (C=O) groups excluding carboxylic acids is 1. The van der Waals surface area contributed by atoms with Gasteiger partial charge in [-0.3, -0.25) is 9.89 Å². The van der Waals surface area contributed by atoms with Crippen LogP contribution in [-0.4, -0.2) is 16.1 Å². The molecule has 1 heterocycles. The van der Waals surface area contributed by atoms with Crippen molar-refractivity contribution in [3.8, 4) is 0 Å². The molecule has 88 valence electrons. The summed E-state index contributed by atoms with van der Waals surface area (Å²) in [6.07, 6.45) is 1.64. The number of amides is 1. The van der Waals surface area contributed by atoms with E-state index in [2.05, 4.69) is 15.5 Å². The van der Waals surface area contributed by atoms with Gasteiger partial charge in [-0.05, 0) is 30.7 Å². The topological polar surface area (TPSA) is 57.8 Å². The Labute approximate surface area is 104 Å². The SMILES string of the molecule is Cc1ccc(Cl)cc1C(=O)NCc1ccn[nH]1. The predicted octanol–water partition coefficient (Wildman–Crippen LogP) is 2.30. The van der Waals surface area contributed by atoms with Crippen LogP contribution < -0.4 is 5.32 Å². The van der Waals surface area contributed by atoms with E-state index in [1.54, 1.807) is 18.3 Å². The summed E-state index contributed by atoms with van der Waals surface area (Å²) in [6.45, 7) is 2.30. The molecule has 0 aliphatic heterocycles. The van der Waals surface area contributed by atoms with Crippen LogP contribution in [0.4, 0.5) is 0 Å². The van der Waals surface area contributed by atoms with E-state index in [1.165, 1.54) is 0 Å². The van der Waals surface area contributed by atoms with E-state index in [1.807, 2.05) is 19.1 Å². The van der Waals surface area contributed by atoms with Gasteiger partial charge in [0.05, 0.1) is 12.2 Å². The van der Waals surface area contributed by atoms with Crippen LogP contribution in [0.3, 0.4) is 0 Å². The maximum Gasteiger partial charge on any atom is 0.251 e. The number of hydrogen-bond acceptors (Lipinski definition) is 2. The fraction of sp³-hybridized carbons (Fsp3) is 0.167. The molecule has 4 nitrogen and oxygen atoms in total. The van der Waals surface area contributed by atoms with Crippen LogP contribution in [0.25, 0.3) is 0 Å². The summed E-state index contributed by atoms with van der Waals surface area (Å²) in [6, 6.07) is 7.07. The number of aromatic nitrogens is 2. The van der Waals surface area contributed by atoms with Crippen LogP contribution in [0.5, 0.6) is 0 Å². The Balaban J connectivity index is 2.07. The normalized spacial score (nSPS) is 10.2. The van der Waals surface area contributed by atoms with E-state index in [0.29, 0.717) is 17.1 Å². The van der Waals surface area contributed by atoms with Gasteiger partial charge in [-0.15, -0.1) is 0 Å². The fourth-order valence-electron chi connectivity index (χ4n) is 1.49. The standard InChI is InChI=1S/C12H12ClN3O/c1-8-2-3-9(13)6-11(8)12(17)14-7-10-4-5-15-16-10/h2-6H,7H2,1H3,(H,14,17)(H,15,16). The highest BCUT2D eigenvalue weighted by atomic mass is 35.5. The maximum absolute atomic E-state index is 11.9.